The Morgan fingerprint density at radius 3 is 2.44 bits per heavy atom. The summed E-state index contributed by atoms with van der Waals surface area (Å²) in [5.41, 5.74) is 5.63. The number of nitrogens with one attached hydrogen (secondary N) is 1. The molecule has 0 spiro atoms. The Kier molecular flexibility index (Phi) is 3.81. The number of amides is 1. The van der Waals surface area contributed by atoms with Gasteiger partial charge < -0.3 is 10.8 Å². The number of phenols is 1. The van der Waals surface area contributed by atoms with Gasteiger partial charge >= 0.3 is 0 Å². The van der Waals surface area contributed by atoms with E-state index in [-0.39, 0.29) is 12.2 Å². The number of alkyl halides is 1. The van der Waals surface area contributed by atoms with Crippen LogP contribution in [0.3, 0.4) is 0 Å². The van der Waals surface area contributed by atoms with Crippen molar-refractivity contribution in [1.82, 2.24) is 5.48 Å². The Bertz CT molecular complexity index is 369. The van der Waals surface area contributed by atoms with E-state index < -0.39 is 18.1 Å². The van der Waals surface area contributed by atoms with Crippen LogP contribution in [0.5, 0.6) is 5.75 Å². The highest BCUT2D eigenvalue weighted by Crippen LogP contribution is 2.15. The lowest BCUT2D eigenvalue weighted by molar-refractivity contribution is -0.135. The van der Waals surface area contributed by atoms with Crippen LogP contribution in [0.1, 0.15) is 5.56 Å². The van der Waals surface area contributed by atoms with E-state index in [4.69, 9.17) is 16.0 Å². The molecule has 1 aromatic carbocycles. The van der Waals surface area contributed by atoms with Crippen molar-refractivity contribution in [2.45, 2.75) is 12.0 Å². The lowest BCUT2D eigenvalue weighted by Crippen LogP contribution is -2.56. The normalized spacial score (nSPS) is 14.2. The maximum absolute atomic E-state index is 12.7. The summed E-state index contributed by atoms with van der Waals surface area (Å²) in [4.78, 5) is 11.2. The zero-order valence-electron chi connectivity index (χ0n) is 8.48. The van der Waals surface area contributed by atoms with Crippen LogP contribution >= 0.6 is 0 Å². The molecule has 0 heterocycles. The molecule has 0 aliphatic rings. The molecule has 88 valence electrons. The zero-order valence-corrected chi connectivity index (χ0v) is 8.48. The number of halogens is 1. The Labute approximate surface area is 91.7 Å². The molecule has 0 saturated heterocycles. The highest BCUT2D eigenvalue weighted by Gasteiger charge is 2.34. The van der Waals surface area contributed by atoms with Gasteiger partial charge in [0.15, 0.2) is 0 Å². The number of rotatable bonds is 4. The topological polar surface area (TPSA) is 95.6 Å². The zero-order chi connectivity index (χ0) is 12.2. The molecule has 5 nitrogen and oxygen atoms in total. The molecular weight excluding hydrogens is 215 g/mol. The molecule has 0 aromatic heterocycles. The van der Waals surface area contributed by atoms with Gasteiger partial charge in [-0.2, -0.15) is 0 Å². The summed E-state index contributed by atoms with van der Waals surface area (Å²) >= 11 is 0. The summed E-state index contributed by atoms with van der Waals surface area (Å²) in [7, 11) is 0. The third kappa shape index (κ3) is 2.68. The first-order valence-electron chi connectivity index (χ1n) is 4.59. The molecule has 0 bridgehead atoms. The number of hydroxylamine groups is 1. The molecule has 0 aliphatic carbocycles. The van der Waals surface area contributed by atoms with Crippen LogP contribution in [0.15, 0.2) is 24.3 Å². The lowest BCUT2D eigenvalue weighted by Gasteiger charge is -2.23. The molecule has 6 heteroatoms. The molecule has 0 fully saturated rings. The average Bonchev–Trinajstić information content (AvgIpc) is 2.31. The van der Waals surface area contributed by atoms with Crippen LogP contribution in [0.2, 0.25) is 0 Å². The van der Waals surface area contributed by atoms with Crippen molar-refractivity contribution in [3.8, 4) is 5.75 Å². The van der Waals surface area contributed by atoms with E-state index in [9.17, 15) is 9.18 Å². The van der Waals surface area contributed by atoms with Crippen molar-refractivity contribution in [3.63, 3.8) is 0 Å². The van der Waals surface area contributed by atoms with E-state index in [1.165, 1.54) is 29.7 Å². The van der Waals surface area contributed by atoms with Crippen LogP contribution in [0.25, 0.3) is 0 Å². The van der Waals surface area contributed by atoms with Gasteiger partial charge in [-0.1, -0.05) is 12.1 Å². The fraction of sp³-hybridized carbons (Fsp3) is 0.300. The Morgan fingerprint density at radius 1 is 1.44 bits per heavy atom. The fourth-order valence-corrected chi connectivity index (χ4v) is 1.28. The van der Waals surface area contributed by atoms with Crippen molar-refractivity contribution in [2.24, 2.45) is 5.73 Å². The van der Waals surface area contributed by atoms with Crippen molar-refractivity contribution in [2.75, 3.05) is 6.67 Å². The molecular formula is C10H13FN2O3. The van der Waals surface area contributed by atoms with Gasteiger partial charge in [-0.25, -0.2) is 9.87 Å². The minimum Gasteiger partial charge on any atom is -0.508 e. The number of carbonyl (C=O) groups excluding carboxylic acids is 1. The summed E-state index contributed by atoms with van der Waals surface area (Å²) in [6.45, 7) is -1.10. The van der Waals surface area contributed by atoms with E-state index in [0.717, 1.165) is 0 Å². The summed E-state index contributed by atoms with van der Waals surface area (Å²) in [6.07, 6.45) is -0.0732. The maximum Gasteiger partial charge on any atom is 0.266 e. The van der Waals surface area contributed by atoms with Crippen molar-refractivity contribution in [3.05, 3.63) is 29.8 Å². The van der Waals surface area contributed by atoms with Gasteiger partial charge in [0, 0.05) is 6.42 Å². The second-order valence-corrected chi connectivity index (χ2v) is 3.57. The summed E-state index contributed by atoms with van der Waals surface area (Å²) < 4.78 is 12.7. The maximum atomic E-state index is 12.7. The third-order valence-electron chi connectivity index (χ3n) is 2.25. The molecule has 1 amide bonds. The minimum atomic E-state index is -1.80. The van der Waals surface area contributed by atoms with E-state index in [2.05, 4.69) is 0 Å². The number of nitrogens with two attached hydrogens (primary N) is 1. The lowest BCUT2D eigenvalue weighted by atomic mass is 9.92. The predicted octanol–water partition coefficient (Wildman–Crippen LogP) is 0.107. The van der Waals surface area contributed by atoms with Crippen LogP contribution < -0.4 is 11.2 Å². The van der Waals surface area contributed by atoms with Crippen molar-refractivity contribution < 1.29 is 19.5 Å². The van der Waals surface area contributed by atoms with Gasteiger partial charge in [-0.3, -0.25) is 10.0 Å². The first-order valence-corrected chi connectivity index (χ1v) is 4.59. The molecule has 1 aromatic rings. The molecule has 1 atom stereocenters. The molecule has 16 heavy (non-hydrogen) atoms. The molecule has 0 radical (unpaired) electrons. The van der Waals surface area contributed by atoms with Crippen molar-refractivity contribution >= 4 is 5.91 Å². The van der Waals surface area contributed by atoms with Crippen LogP contribution in [-0.2, 0) is 11.2 Å². The monoisotopic (exact) mass is 228 g/mol. The number of carbonyl (C=O) groups is 1. The molecule has 5 N–H and O–H groups in total. The number of benzene rings is 1. The van der Waals surface area contributed by atoms with E-state index in [1.54, 1.807) is 0 Å². The fourth-order valence-electron chi connectivity index (χ4n) is 1.28. The van der Waals surface area contributed by atoms with Gasteiger partial charge in [0.25, 0.3) is 5.91 Å². The van der Waals surface area contributed by atoms with Crippen LogP contribution in [0, 0.1) is 0 Å². The van der Waals surface area contributed by atoms with Gasteiger partial charge in [-0.05, 0) is 17.7 Å². The molecule has 1 unspecified atom stereocenters. The number of phenolic OH excluding ortho intramolecular Hbond substituents is 1. The number of hydrogen-bond acceptors (Lipinski definition) is 4. The van der Waals surface area contributed by atoms with Crippen LogP contribution in [0.4, 0.5) is 4.39 Å². The molecule has 1 rings (SSSR count). The minimum absolute atomic E-state index is 0.0678. The standard InChI is InChI=1S/C10H13FN2O3/c11-6-10(12,9(15)13-16)5-7-1-3-8(14)4-2-7/h1-4,14,16H,5-6,12H2,(H,13,15). The second kappa shape index (κ2) is 4.91. The van der Waals surface area contributed by atoms with Crippen molar-refractivity contribution in [1.29, 1.82) is 0 Å². The SMILES string of the molecule is NC(CF)(Cc1ccc(O)cc1)C(=O)NO. The summed E-state index contributed by atoms with van der Waals surface area (Å²) in [5.74, 6) is -0.915. The average molecular weight is 228 g/mol. The summed E-state index contributed by atoms with van der Waals surface area (Å²) in [6, 6.07) is 5.87. The second-order valence-electron chi connectivity index (χ2n) is 3.57. The smallest absolute Gasteiger partial charge is 0.266 e. The Balaban J connectivity index is 2.84. The predicted molar refractivity (Wildman–Crippen MR) is 54.6 cm³/mol. The van der Waals surface area contributed by atoms with Crippen LogP contribution in [-0.4, -0.2) is 28.4 Å². The van der Waals surface area contributed by atoms with Gasteiger partial charge in [0.1, 0.15) is 18.0 Å². The van der Waals surface area contributed by atoms with E-state index in [1.807, 2.05) is 0 Å². The van der Waals surface area contributed by atoms with E-state index >= 15 is 0 Å². The first-order chi connectivity index (χ1) is 7.51. The van der Waals surface area contributed by atoms with Gasteiger partial charge in [-0.15, -0.1) is 0 Å². The number of aromatic hydroxyl groups is 1. The summed E-state index contributed by atoms with van der Waals surface area (Å²) in [5, 5.41) is 17.5. The molecule has 0 aliphatic heterocycles. The first kappa shape index (κ1) is 12.4. The van der Waals surface area contributed by atoms with E-state index in [0.29, 0.717) is 5.56 Å². The van der Waals surface area contributed by atoms with Gasteiger partial charge in [0.2, 0.25) is 0 Å². The Hall–Kier alpha value is -1.66. The van der Waals surface area contributed by atoms with Gasteiger partial charge in [0.05, 0.1) is 0 Å². The highest BCUT2D eigenvalue weighted by molar-refractivity contribution is 5.85. The quantitative estimate of drug-likeness (QED) is 0.434. The largest absolute Gasteiger partial charge is 0.508 e. The highest BCUT2D eigenvalue weighted by atomic mass is 19.1. The third-order valence-corrected chi connectivity index (χ3v) is 2.25. The number of hydrogen-bond donors (Lipinski definition) is 4. The Morgan fingerprint density at radius 2 is 2.00 bits per heavy atom. The molecule has 0 saturated carbocycles.